The Balaban J connectivity index is 1.45. The van der Waals surface area contributed by atoms with E-state index in [1.807, 2.05) is 25.2 Å². The molecule has 3 aromatic rings. The Morgan fingerprint density at radius 2 is 2.30 bits per heavy atom. The number of nitrogens with one attached hydrogen (secondary N) is 1. The van der Waals surface area contributed by atoms with Gasteiger partial charge >= 0.3 is 5.97 Å². The maximum Gasteiger partial charge on any atom is 0.348 e. The summed E-state index contributed by atoms with van der Waals surface area (Å²) in [5.74, 6) is 0.501. The fraction of sp³-hybridized carbons (Fsp3) is 0.421. The van der Waals surface area contributed by atoms with Crippen LogP contribution in [-0.4, -0.2) is 47.1 Å². The van der Waals surface area contributed by atoms with Gasteiger partial charge in [0.25, 0.3) is 0 Å². The zero-order chi connectivity index (χ0) is 18.8. The zero-order valence-electron chi connectivity index (χ0n) is 15.4. The van der Waals surface area contributed by atoms with Gasteiger partial charge in [0.2, 0.25) is 0 Å². The summed E-state index contributed by atoms with van der Waals surface area (Å²) in [5, 5.41) is 6.55. The molecule has 0 saturated carbocycles. The lowest BCUT2D eigenvalue weighted by molar-refractivity contribution is 0.0531. The topological polar surface area (TPSA) is 67.3 Å². The molecule has 0 saturated heterocycles. The SMILES string of the molecule is CCOC(=O)c1sc2ncnc(NCCN3CCc4sccc4C3)c2c1C. The van der Waals surface area contributed by atoms with Gasteiger partial charge in [-0.2, -0.15) is 0 Å². The van der Waals surface area contributed by atoms with Crippen molar-refractivity contribution in [2.75, 3.05) is 31.6 Å². The highest BCUT2D eigenvalue weighted by Gasteiger charge is 2.20. The molecule has 142 valence electrons. The molecule has 6 nitrogen and oxygen atoms in total. The van der Waals surface area contributed by atoms with E-state index < -0.39 is 0 Å². The molecule has 4 heterocycles. The van der Waals surface area contributed by atoms with E-state index >= 15 is 0 Å². The van der Waals surface area contributed by atoms with Gasteiger partial charge in [-0.1, -0.05) is 0 Å². The third kappa shape index (κ3) is 3.69. The minimum atomic E-state index is -0.288. The Labute approximate surface area is 166 Å². The molecule has 1 aliphatic heterocycles. The molecule has 0 fully saturated rings. The number of carbonyl (C=O) groups excluding carboxylic acids is 1. The van der Waals surface area contributed by atoms with Crippen LogP contribution in [0.25, 0.3) is 10.2 Å². The highest BCUT2D eigenvalue weighted by molar-refractivity contribution is 7.20. The molecular weight excluding hydrogens is 380 g/mol. The molecule has 0 spiro atoms. The van der Waals surface area contributed by atoms with E-state index in [1.54, 1.807) is 6.33 Å². The van der Waals surface area contributed by atoms with Gasteiger partial charge in [-0.25, -0.2) is 14.8 Å². The van der Waals surface area contributed by atoms with Crippen LogP contribution < -0.4 is 5.32 Å². The average Bonchev–Trinajstić information content (AvgIpc) is 3.26. The first-order valence-electron chi connectivity index (χ1n) is 9.10. The van der Waals surface area contributed by atoms with Gasteiger partial charge in [0.1, 0.15) is 21.9 Å². The molecule has 0 radical (unpaired) electrons. The number of nitrogens with zero attached hydrogens (tertiary/aromatic N) is 3. The third-order valence-electron chi connectivity index (χ3n) is 4.79. The first-order chi connectivity index (χ1) is 13.2. The van der Waals surface area contributed by atoms with Gasteiger partial charge in [-0.05, 0) is 42.8 Å². The van der Waals surface area contributed by atoms with E-state index in [0.717, 1.165) is 54.2 Å². The van der Waals surface area contributed by atoms with Crippen molar-refractivity contribution in [2.45, 2.75) is 26.8 Å². The van der Waals surface area contributed by atoms with Crippen LogP contribution in [0.5, 0.6) is 0 Å². The molecule has 0 bridgehead atoms. The van der Waals surface area contributed by atoms with Crippen molar-refractivity contribution in [3.8, 4) is 0 Å². The first-order valence-corrected chi connectivity index (χ1v) is 10.8. The number of esters is 1. The molecule has 0 aliphatic carbocycles. The second-order valence-electron chi connectivity index (χ2n) is 6.50. The van der Waals surface area contributed by atoms with Crippen molar-refractivity contribution >= 4 is 44.7 Å². The van der Waals surface area contributed by atoms with Gasteiger partial charge in [0, 0.05) is 31.1 Å². The van der Waals surface area contributed by atoms with E-state index in [-0.39, 0.29) is 5.97 Å². The summed E-state index contributed by atoms with van der Waals surface area (Å²) in [7, 11) is 0. The van der Waals surface area contributed by atoms with Crippen LogP contribution in [0.4, 0.5) is 5.82 Å². The van der Waals surface area contributed by atoms with Crippen LogP contribution in [0, 0.1) is 6.92 Å². The molecule has 0 amide bonds. The monoisotopic (exact) mass is 402 g/mol. The van der Waals surface area contributed by atoms with E-state index in [9.17, 15) is 4.79 Å². The number of carbonyl (C=O) groups is 1. The summed E-state index contributed by atoms with van der Waals surface area (Å²) in [6, 6.07) is 2.24. The van der Waals surface area contributed by atoms with E-state index in [2.05, 4.69) is 31.6 Å². The lowest BCUT2D eigenvalue weighted by Crippen LogP contribution is -2.33. The van der Waals surface area contributed by atoms with Crippen LogP contribution >= 0.6 is 22.7 Å². The summed E-state index contributed by atoms with van der Waals surface area (Å²) in [5.41, 5.74) is 2.35. The number of thiophene rings is 2. The molecular formula is C19H22N4O2S2. The minimum Gasteiger partial charge on any atom is -0.462 e. The van der Waals surface area contributed by atoms with Gasteiger partial charge in [0.15, 0.2) is 0 Å². The largest absolute Gasteiger partial charge is 0.462 e. The van der Waals surface area contributed by atoms with Crippen molar-refractivity contribution in [1.29, 1.82) is 0 Å². The van der Waals surface area contributed by atoms with Crippen molar-refractivity contribution in [2.24, 2.45) is 0 Å². The number of aromatic nitrogens is 2. The molecule has 4 rings (SSSR count). The number of hydrogen-bond acceptors (Lipinski definition) is 8. The maximum atomic E-state index is 12.2. The van der Waals surface area contributed by atoms with Crippen LogP contribution in [0.2, 0.25) is 0 Å². The average molecular weight is 403 g/mol. The number of hydrogen-bond donors (Lipinski definition) is 1. The zero-order valence-corrected chi connectivity index (χ0v) is 17.1. The Morgan fingerprint density at radius 1 is 1.41 bits per heavy atom. The van der Waals surface area contributed by atoms with Crippen molar-refractivity contribution in [1.82, 2.24) is 14.9 Å². The highest BCUT2D eigenvalue weighted by Crippen LogP contribution is 2.33. The third-order valence-corrected chi connectivity index (χ3v) is 7.00. The summed E-state index contributed by atoms with van der Waals surface area (Å²) < 4.78 is 5.16. The van der Waals surface area contributed by atoms with Crippen LogP contribution in [0.1, 0.15) is 32.6 Å². The fourth-order valence-corrected chi connectivity index (χ4v) is 5.36. The first kappa shape index (κ1) is 18.3. The fourth-order valence-electron chi connectivity index (χ4n) is 3.43. The number of fused-ring (bicyclic) bond motifs is 2. The molecule has 0 atom stereocenters. The lowest BCUT2D eigenvalue weighted by Gasteiger charge is -2.26. The molecule has 1 N–H and O–H groups in total. The Kier molecular flexibility index (Phi) is 5.38. The van der Waals surface area contributed by atoms with Crippen LogP contribution in [0.15, 0.2) is 17.8 Å². The second-order valence-corrected chi connectivity index (χ2v) is 8.50. The number of rotatable bonds is 6. The predicted octanol–water partition coefficient (Wildman–Crippen LogP) is 3.71. The summed E-state index contributed by atoms with van der Waals surface area (Å²) in [6.45, 7) is 7.98. The van der Waals surface area contributed by atoms with Gasteiger partial charge in [-0.3, -0.25) is 4.90 Å². The Morgan fingerprint density at radius 3 is 3.15 bits per heavy atom. The van der Waals surface area contributed by atoms with Gasteiger partial charge in [0.05, 0.1) is 12.0 Å². The summed E-state index contributed by atoms with van der Waals surface area (Å²) in [6.07, 6.45) is 2.69. The Bertz CT molecular complexity index is 966. The molecule has 0 unspecified atom stereocenters. The number of anilines is 1. The molecule has 27 heavy (non-hydrogen) atoms. The summed E-state index contributed by atoms with van der Waals surface area (Å²) >= 11 is 3.23. The van der Waals surface area contributed by atoms with Crippen molar-refractivity contribution in [3.05, 3.63) is 38.7 Å². The van der Waals surface area contributed by atoms with Crippen LogP contribution in [0.3, 0.4) is 0 Å². The molecule has 1 aliphatic rings. The summed E-state index contributed by atoms with van der Waals surface area (Å²) in [4.78, 5) is 26.3. The molecule has 3 aromatic heterocycles. The smallest absolute Gasteiger partial charge is 0.348 e. The number of ether oxygens (including phenoxy) is 1. The van der Waals surface area contributed by atoms with E-state index in [1.165, 1.54) is 21.8 Å². The molecule has 8 heteroatoms. The van der Waals surface area contributed by atoms with Gasteiger partial charge in [-0.15, -0.1) is 22.7 Å². The normalized spacial score (nSPS) is 14.3. The lowest BCUT2D eigenvalue weighted by atomic mass is 10.1. The van der Waals surface area contributed by atoms with Gasteiger partial charge < -0.3 is 10.1 Å². The minimum absolute atomic E-state index is 0.288. The van der Waals surface area contributed by atoms with E-state index in [4.69, 9.17) is 4.74 Å². The quantitative estimate of drug-likeness (QED) is 0.634. The predicted molar refractivity (Wildman–Crippen MR) is 110 cm³/mol. The van der Waals surface area contributed by atoms with Crippen molar-refractivity contribution < 1.29 is 9.53 Å². The highest BCUT2D eigenvalue weighted by atomic mass is 32.1. The maximum absolute atomic E-state index is 12.2. The van der Waals surface area contributed by atoms with Crippen LogP contribution in [-0.2, 0) is 17.7 Å². The Hall–Kier alpha value is -2.03. The van der Waals surface area contributed by atoms with Crippen molar-refractivity contribution in [3.63, 3.8) is 0 Å². The van der Waals surface area contributed by atoms with E-state index in [0.29, 0.717) is 11.5 Å². The second kappa shape index (κ2) is 7.92. The standard InChI is InChI=1S/C19H22N4O2S2/c1-3-25-19(24)16-12(2)15-17(21-11-22-18(15)27-16)20-6-8-23-7-4-14-13(10-23)5-9-26-14/h5,9,11H,3-4,6-8,10H2,1-2H3,(H,20,21,22). The molecule has 0 aromatic carbocycles. The number of aryl methyl sites for hydroxylation is 1.